The van der Waals surface area contributed by atoms with Crippen LogP contribution in [0, 0.1) is 6.92 Å². The molecule has 0 spiro atoms. The fourth-order valence-electron chi connectivity index (χ4n) is 6.74. The standard InChI is InChI=1S/C19H30Si2/c1-13-10-14-16-17-15(13)19(4,5)12-21(17,7)9-8-20(16,6)11-18(14,2)3/h10H,8-9,11-12H2,1-7H3. The topological polar surface area (TPSA) is 0 Å². The van der Waals surface area contributed by atoms with E-state index in [1.54, 1.807) is 28.8 Å². The molecule has 0 aliphatic carbocycles. The Bertz CT molecular complexity index is 671. The first-order valence-corrected chi connectivity index (χ1v) is 14.5. The highest BCUT2D eigenvalue weighted by atomic mass is 28.3. The summed E-state index contributed by atoms with van der Waals surface area (Å²) < 4.78 is 0. The van der Waals surface area contributed by atoms with Crippen LogP contribution in [-0.2, 0) is 10.8 Å². The molecule has 3 heterocycles. The molecule has 1 aromatic rings. The van der Waals surface area contributed by atoms with Gasteiger partial charge < -0.3 is 0 Å². The van der Waals surface area contributed by atoms with Crippen molar-refractivity contribution in [2.24, 2.45) is 0 Å². The summed E-state index contributed by atoms with van der Waals surface area (Å²) in [5.74, 6) is 0. The minimum absolute atomic E-state index is 0.432. The van der Waals surface area contributed by atoms with Crippen LogP contribution in [0.3, 0.4) is 0 Å². The second-order valence-corrected chi connectivity index (χ2v) is 19.1. The zero-order valence-electron chi connectivity index (χ0n) is 14.9. The van der Waals surface area contributed by atoms with E-state index in [1.165, 1.54) is 12.1 Å². The predicted octanol–water partition coefficient (Wildman–Crippen LogP) is 4.16. The number of benzene rings is 1. The molecule has 0 fully saturated rings. The van der Waals surface area contributed by atoms with E-state index in [0.717, 1.165) is 0 Å². The van der Waals surface area contributed by atoms with E-state index in [2.05, 4.69) is 53.8 Å². The van der Waals surface area contributed by atoms with Crippen LogP contribution >= 0.6 is 0 Å². The molecular weight excluding hydrogens is 284 g/mol. The summed E-state index contributed by atoms with van der Waals surface area (Å²) in [6, 6.07) is 8.77. The van der Waals surface area contributed by atoms with Crippen molar-refractivity contribution < 1.29 is 0 Å². The van der Waals surface area contributed by atoms with Gasteiger partial charge in [-0.1, -0.05) is 69.3 Å². The maximum absolute atomic E-state index is 2.71. The molecule has 4 rings (SSSR count). The molecule has 3 aliphatic heterocycles. The summed E-state index contributed by atoms with van der Waals surface area (Å²) in [7, 11) is -2.42. The van der Waals surface area contributed by atoms with Gasteiger partial charge in [0.1, 0.15) is 0 Å². The van der Waals surface area contributed by atoms with Crippen molar-refractivity contribution in [2.45, 2.75) is 82.7 Å². The van der Waals surface area contributed by atoms with Gasteiger partial charge in [-0.05, 0) is 46.5 Å². The molecule has 0 aromatic heterocycles. The SMILES string of the molecule is Cc1cc2c3c4c1C(C)(C)C[Si]4(C)CC[Si]3(C)CC2(C)C. The van der Waals surface area contributed by atoms with Gasteiger partial charge >= 0.3 is 0 Å². The fraction of sp³-hybridized carbons (Fsp3) is 0.684. The van der Waals surface area contributed by atoms with E-state index in [1.807, 2.05) is 10.4 Å². The highest BCUT2D eigenvalue weighted by molar-refractivity contribution is 7.06. The Morgan fingerprint density at radius 1 is 0.857 bits per heavy atom. The van der Waals surface area contributed by atoms with Crippen LogP contribution in [0.15, 0.2) is 6.07 Å². The maximum atomic E-state index is 2.71. The third kappa shape index (κ3) is 1.56. The Morgan fingerprint density at radius 2 is 1.38 bits per heavy atom. The average Bonchev–Trinajstić information content (AvgIpc) is 2.65. The Balaban J connectivity index is 2.17. The Kier molecular flexibility index (Phi) is 2.44. The molecule has 2 heteroatoms. The van der Waals surface area contributed by atoms with E-state index < -0.39 is 16.1 Å². The molecule has 2 unspecified atom stereocenters. The van der Waals surface area contributed by atoms with Gasteiger partial charge in [-0.3, -0.25) is 0 Å². The molecule has 0 amide bonds. The number of hydrogen-bond acceptors (Lipinski definition) is 0. The molecule has 0 nitrogen and oxygen atoms in total. The predicted molar refractivity (Wildman–Crippen MR) is 99.0 cm³/mol. The highest BCUT2D eigenvalue weighted by Crippen LogP contribution is 2.51. The zero-order valence-corrected chi connectivity index (χ0v) is 16.9. The highest BCUT2D eigenvalue weighted by Gasteiger charge is 2.58. The first kappa shape index (κ1) is 14.3. The van der Waals surface area contributed by atoms with Crippen LogP contribution in [0.2, 0.25) is 37.3 Å². The van der Waals surface area contributed by atoms with Gasteiger partial charge in [0.25, 0.3) is 0 Å². The lowest BCUT2D eigenvalue weighted by molar-refractivity contribution is 0.585. The summed E-state index contributed by atoms with van der Waals surface area (Å²) >= 11 is 0. The van der Waals surface area contributed by atoms with Gasteiger partial charge in [0, 0.05) is 0 Å². The molecule has 3 aliphatic rings. The second kappa shape index (κ2) is 3.59. The van der Waals surface area contributed by atoms with E-state index in [-0.39, 0.29) is 0 Å². The molecule has 21 heavy (non-hydrogen) atoms. The van der Waals surface area contributed by atoms with Crippen LogP contribution in [0.4, 0.5) is 0 Å². The van der Waals surface area contributed by atoms with Gasteiger partial charge in [0.15, 0.2) is 0 Å². The normalized spacial score (nSPS) is 37.7. The lowest BCUT2D eigenvalue weighted by atomic mass is 9.80. The smallest absolute Gasteiger partial charge is 0.0652 e. The molecular formula is C19H30Si2. The van der Waals surface area contributed by atoms with Crippen molar-refractivity contribution in [3.8, 4) is 0 Å². The Morgan fingerprint density at radius 3 is 2.00 bits per heavy atom. The van der Waals surface area contributed by atoms with Crippen molar-refractivity contribution >= 4 is 26.5 Å². The molecule has 114 valence electrons. The molecule has 2 atom stereocenters. The monoisotopic (exact) mass is 314 g/mol. The van der Waals surface area contributed by atoms with Crippen molar-refractivity contribution in [3.05, 3.63) is 22.8 Å². The van der Waals surface area contributed by atoms with Crippen molar-refractivity contribution in [2.75, 3.05) is 0 Å². The zero-order chi connectivity index (χ0) is 15.4. The molecule has 0 bridgehead atoms. The summed E-state index contributed by atoms with van der Waals surface area (Å²) in [6.45, 7) is 17.9. The number of rotatable bonds is 0. The third-order valence-electron chi connectivity index (χ3n) is 7.03. The van der Waals surface area contributed by atoms with Crippen LogP contribution in [0.25, 0.3) is 0 Å². The molecule has 0 saturated heterocycles. The minimum atomic E-state index is -1.21. The molecule has 1 aromatic carbocycles. The van der Waals surface area contributed by atoms with Gasteiger partial charge in [-0.2, -0.15) is 0 Å². The largest absolute Gasteiger partial charge is 0.0845 e. The molecule has 0 N–H and O–H groups in total. The van der Waals surface area contributed by atoms with Crippen molar-refractivity contribution in [1.29, 1.82) is 0 Å². The summed E-state index contributed by atoms with van der Waals surface area (Å²) in [6.07, 6.45) is 0. The van der Waals surface area contributed by atoms with E-state index in [0.29, 0.717) is 10.8 Å². The van der Waals surface area contributed by atoms with Crippen LogP contribution in [0.5, 0.6) is 0 Å². The van der Waals surface area contributed by atoms with E-state index in [4.69, 9.17) is 0 Å². The number of hydrogen-bond donors (Lipinski definition) is 0. The van der Waals surface area contributed by atoms with Crippen LogP contribution < -0.4 is 10.4 Å². The van der Waals surface area contributed by atoms with Crippen LogP contribution in [-0.4, -0.2) is 16.1 Å². The second-order valence-electron chi connectivity index (χ2n) is 10.1. The fourth-order valence-corrected chi connectivity index (χ4v) is 22.1. The first-order valence-electron chi connectivity index (χ1n) is 8.70. The maximum Gasteiger partial charge on any atom is 0.0845 e. The quantitative estimate of drug-likeness (QED) is 0.631. The molecule has 0 saturated carbocycles. The summed E-state index contributed by atoms with van der Waals surface area (Å²) in [5, 5.41) is 3.95. The lowest BCUT2D eigenvalue weighted by Gasteiger charge is -2.39. The summed E-state index contributed by atoms with van der Waals surface area (Å²) in [5.41, 5.74) is 6.04. The lowest BCUT2D eigenvalue weighted by Crippen LogP contribution is -2.63. The van der Waals surface area contributed by atoms with E-state index >= 15 is 0 Å². The van der Waals surface area contributed by atoms with Crippen LogP contribution in [0.1, 0.15) is 44.4 Å². The van der Waals surface area contributed by atoms with Gasteiger partial charge in [0.05, 0.1) is 16.1 Å². The van der Waals surface area contributed by atoms with Gasteiger partial charge in [0.2, 0.25) is 0 Å². The first-order chi connectivity index (χ1) is 9.50. The van der Waals surface area contributed by atoms with Crippen molar-refractivity contribution in [3.63, 3.8) is 0 Å². The van der Waals surface area contributed by atoms with Crippen molar-refractivity contribution in [1.82, 2.24) is 0 Å². The average molecular weight is 315 g/mol. The van der Waals surface area contributed by atoms with Gasteiger partial charge in [-0.15, -0.1) is 0 Å². The minimum Gasteiger partial charge on any atom is -0.0652 e. The Labute approximate surface area is 132 Å². The molecule has 0 radical (unpaired) electrons. The summed E-state index contributed by atoms with van der Waals surface area (Å²) in [4.78, 5) is 0. The Hall–Kier alpha value is -0.346. The van der Waals surface area contributed by atoms with Gasteiger partial charge in [-0.25, -0.2) is 0 Å². The number of aryl methyl sites for hydroxylation is 1. The third-order valence-corrected chi connectivity index (χ3v) is 17.2. The van der Waals surface area contributed by atoms with E-state index in [9.17, 15) is 0 Å².